The lowest BCUT2D eigenvalue weighted by molar-refractivity contribution is 0.100. The average Bonchev–Trinajstić information content (AvgIpc) is 3.02. The fraction of sp³-hybridized carbons (Fsp3) is 0.667. The Morgan fingerprint density at radius 1 is 1.27 bits per heavy atom. The Bertz CT molecular complexity index is 486. The van der Waals surface area contributed by atoms with Crippen LogP contribution in [-0.4, -0.2) is 50.8 Å². The van der Waals surface area contributed by atoms with Crippen LogP contribution in [0.15, 0.2) is 18.2 Å². The van der Waals surface area contributed by atoms with Crippen LogP contribution in [0.3, 0.4) is 0 Å². The molecule has 122 valence electrons. The largest absolute Gasteiger partial charge is 0.493 e. The van der Waals surface area contributed by atoms with Crippen molar-refractivity contribution in [2.45, 2.75) is 44.2 Å². The number of para-hydroxylation sites is 1. The van der Waals surface area contributed by atoms with Gasteiger partial charge in [-0.05, 0) is 63.9 Å². The van der Waals surface area contributed by atoms with Gasteiger partial charge in [0.15, 0.2) is 11.5 Å². The maximum Gasteiger partial charge on any atom is 0.164 e. The maximum atomic E-state index is 6.39. The molecule has 4 nitrogen and oxygen atoms in total. The highest BCUT2D eigenvalue weighted by molar-refractivity contribution is 5.47. The Balaban J connectivity index is 1.76. The first-order chi connectivity index (χ1) is 10.8. The van der Waals surface area contributed by atoms with Crippen LogP contribution in [0.1, 0.15) is 31.2 Å². The quantitative estimate of drug-likeness (QED) is 0.906. The molecule has 2 atom stereocenters. The molecule has 22 heavy (non-hydrogen) atoms. The van der Waals surface area contributed by atoms with E-state index in [4.69, 9.17) is 9.47 Å². The first-order valence-electron chi connectivity index (χ1n) is 8.50. The zero-order valence-corrected chi connectivity index (χ0v) is 13.8. The van der Waals surface area contributed by atoms with Crippen molar-refractivity contribution in [1.29, 1.82) is 0 Å². The molecule has 0 radical (unpaired) electrons. The predicted octanol–water partition coefficient (Wildman–Crippen LogP) is 2.46. The first kappa shape index (κ1) is 15.6. The Morgan fingerprint density at radius 3 is 2.91 bits per heavy atom. The van der Waals surface area contributed by atoms with Gasteiger partial charge in [0.1, 0.15) is 6.10 Å². The predicted molar refractivity (Wildman–Crippen MR) is 88.9 cm³/mol. The number of hydrogen-bond acceptors (Lipinski definition) is 4. The van der Waals surface area contributed by atoms with E-state index < -0.39 is 0 Å². The van der Waals surface area contributed by atoms with E-state index in [0.717, 1.165) is 37.4 Å². The summed E-state index contributed by atoms with van der Waals surface area (Å²) in [5.74, 6) is 1.82. The smallest absolute Gasteiger partial charge is 0.164 e. The van der Waals surface area contributed by atoms with Gasteiger partial charge in [0.05, 0.1) is 7.11 Å². The van der Waals surface area contributed by atoms with Crippen molar-refractivity contribution in [3.8, 4) is 11.5 Å². The molecule has 0 spiro atoms. The molecule has 0 amide bonds. The van der Waals surface area contributed by atoms with Crippen LogP contribution < -0.4 is 14.8 Å². The van der Waals surface area contributed by atoms with Gasteiger partial charge in [0.25, 0.3) is 0 Å². The summed E-state index contributed by atoms with van der Waals surface area (Å²) in [6, 6.07) is 6.84. The molecule has 3 rings (SSSR count). The number of nitrogens with zero attached hydrogens (tertiary/aromatic N) is 1. The van der Waals surface area contributed by atoms with Crippen LogP contribution in [0.5, 0.6) is 11.5 Å². The molecule has 2 unspecified atom stereocenters. The Morgan fingerprint density at radius 2 is 2.18 bits per heavy atom. The lowest BCUT2D eigenvalue weighted by Crippen LogP contribution is -2.38. The second-order valence-corrected chi connectivity index (χ2v) is 6.59. The minimum absolute atomic E-state index is 0.269. The van der Waals surface area contributed by atoms with Gasteiger partial charge in [-0.15, -0.1) is 0 Å². The van der Waals surface area contributed by atoms with Crippen LogP contribution in [0.2, 0.25) is 0 Å². The molecule has 1 aromatic rings. The SMILES string of the molecule is COc1cccc(CC2CCCN2)c1OC1CCCN(C)C1. The van der Waals surface area contributed by atoms with Gasteiger partial charge in [0.2, 0.25) is 0 Å². The van der Waals surface area contributed by atoms with E-state index in [-0.39, 0.29) is 6.10 Å². The van der Waals surface area contributed by atoms with Gasteiger partial charge in [0, 0.05) is 12.6 Å². The third-order valence-electron chi connectivity index (χ3n) is 4.77. The Kier molecular flexibility index (Phi) is 5.21. The number of likely N-dealkylation sites (tertiary alicyclic amines) is 1. The molecule has 0 aromatic heterocycles. The summed E-state index contributed by atoms with van der Waals surface area (Å²) >= 11 is 0. The summed E-state index contributed by atoms with van der Waals surface area (Å²) in [6.07, 6.45) is 6.15. The molecule has 1 aromatic carbocycles. The lowest BCUT2D eigenvalue weighted by atomic mass is 10.0. The standard InChI is InChI=1S/C18H28N2O2/c1-20-11-5-8-16(13-20)22-18-14(6-3-9-17(18)21-2)12-15-7-4-10-19-15/h3,6,9,15-16,19H,4-5,7-8,10-13H2,1-2H3. The fourth-order valence-corrected chi connectivity index (χ4v) is 3.59. The van der Waals surface area contributed by atoms with Crippen LogP contribution in [0.25, 0.3) is 0 Å². The molecular formula is C18H28N2O2. The minimum atomic E-state index is 0.269. The molecule has 2 aliphatic heterocycles. The van der Waals surface area contributed by atoms with Crippen molar-refractivity contribution in [2.75, 3.05) is 33.8 Å². The summed E-state index contributed by atoms with van der Waals surface area (Å²) in [5.41, 5.74) is 1.27. The van der Waals surface area contributed by atoms with Gasteiger partial charge in [-0.3, -0.25) is 0 Å². The molecule has 4 heteroatoms. The average molecular weight is 304 g/mol. The van der Waals surface area contributed by atoms with E-state index in [1.165, 1.54) is 31.4 Å². The van der Waals surface area contributed by atoms with Crippen molar-refractivity contribution in [3.63, 3.8) is 0 Å². The zero-order chi connectivity index (χ0) is 15.4. The van der Waals surface area contributed by atoms with E-state index in [0.29, 0.717) is 6.04 Å². The number of piperidine rings is 1. The number of methoxy groups -OCH3 is 1. The first-order valence-corrected chi connectivity index (χ1v) is 8.50. The highest BCUT2D eigenvalue weighted by atomic mass is 16.5. The van der Waals surface area contributed by atoms with Gasteiger partial charge in [-0.25, -0.2) is 0 Å². The van der Waals surface area contributed by atoms with Crippen molar-refractivity contribution in [2.24, 2.45) is 0 Å². The zero-order valence-electron chi connectivity index (χ0n) is 13.8. The van der Waals surface area contributed by atoms with Crippen LogP contribution >= 0.6 is 0 Å². The number of hydrogen-bond donors (Lipinski definition) is 1. The minimum Gasteiger partial charge on any atom is -0.493 e. The molecule has 2 aliphatic rings. The summed E-state index contributed by atoms with van der Waals surface area (Å²) in [5, 5.41) is 3.58. The maximum absolute atomic E-state index is 6.39. The molecule has 2 saturated heterocycles. The van der Waals surface area contributed by atoms with Gasteiger partial charge in [-0.2, -0.15) is 0 Å². The third-order valence-corrected chi connectivity index (χ3v) is 4.77. The lowest BCUT2D eigenvalue weighted by Gasteiger charge is -2.31. The monoisotopic (exact) mass is 304 g/mol. The fourth-order valence-electron chi connectivity index (χ4n) is 3.59. The summed E-state index contributed by atoms with van der Waals surface area (Å²) in [4.78, 5) is 2.35. The van der Waals surface area contributed by atoms with E-state index in [9.17, 15) is 0 Å². The number of ether oxygens (including phenoxy) is 2. The van der Waals surface area contributed by atoms with Crippen LogP contribution in [0.4, 0.5) is 0 Å². The van der Waals surface area contributed by atoms with Crippen molar-refractivity contribution >= 4 is 0 Å². The van der Waals surface area contributed by atoms with E-state index >= 15 is 0 Å². The highest BCUT2D eigenvalue weighted by Gasteiger charge is 2.23. The molecule has 2 fully saturated rings. The summed E-state index contributed by atoms with van der Waals surface area (Å²) in [7, 11) is 3.90. The van der Waals surface area contributed by atoms with E-state index in [2.05, 4.69) is 29.4 Å². The Hall–Kier alpha value is -1.26. The van der Waals surface area contributed by atoms with Crippen molar-refractivity contribution < 1.29 is 9.47 Å². The Labute approximate surface area is 133 Å². The van der Waals surface area contributed by atoms with Gasteiger partial charge >= 0.3 is 0 Å². The second-order valence-electron chi connectivity index (χ2n) is 6.59. The number of rotatable bonds is 5. The molecule has 1 N–H and O–H groups in total. The van der Waals surface area contributed by atoms with Crippen LogP contribution in [-0.2, 0) is 6.42 Å². The molecule has 0 saturated carbocycles. The van der Waals surface area contributed by atoms with Gasteiger partial charge < -0.3 is 19.7 Å². The van der Waals surface area contributed by atoms with Crippen LogP contribution in [0, 0.1) is 0 Å². The van der Waals surface area contributed by atoms with Crippen molar-refractivity contribution in [3.05, 3.63) is 23.8 Å². The number of nitrogens with one attached hydrogen (secondary N) is 1. The molecular weight excluding hydrogens is 276 g/mol. The molecule has 0 aliphatic carbocycles. The summed E-state index contributed by atoms with van der Waals surface area (Å²) < 4.78 is 12.0. The van der Waals surface area contributed by atoms with Crippen molar-refractivity contribution in [1.82, 2.24) is 10.2 Å². The number of benzene rings is 1. The highest BCUT2D eigenvalue weighted by Crippen LogP contribution is 2.34. The van der Waals surface area contributed by atoms with Gasteiger partial charge in [-0.1, -0.05) is 12.1 Å². The normalized spacial score (nSPS) is 26.1. The molecule has 0 bridgehead atoms. The summed E-state index contributed by atoms with van der Waals surface area (Å²) in [6.45, 7) is 3.31. The second kappa shape index (κ2) is 7.34. The van der Waals surface area contributed by atoms with E-state index in [1.54, 1.807) is 7.11 Å². The third kappa shape index (κ3) is 3.73. The molecule has 2 heterocycles. The topological polar surface area (TPSA) is 33.7 Å². The number of likely N-dealkylation sites (N-methyl/N-ethyl adjacent to an activating group) is 1. The van der Waals surface area contributed by atoms with E-state index in [1.807, 2.05) is 6.07 Å².